The molecule has 2 aliphatic rings. The van der Waals surface area contributed by atoms with E-state index < -0.39 is 6.04 Å². The Morgan fingerprint density at radius 3 is 2.71 bits per heavy atom. The number of carbonyl (C=O) groups excluding carboxylic acids is 1. The molecule has 4 rings (SSSR count). The van der Waals surface area contributed by atoms with Crippen LogP contribution in [-0.4, -0.2) is 30.3 Å². The number of hydrogen-bond donors (Lipinski definition) is 2. The molecule has 1 aliphatic carbocycles. The summed E-state index contributed by atoms with van der Waals surface area (Å²) >= 11 is 1.73. The van der Waals surface area contributed by atoms with Gasteiger partial charge in [-0.05, 0) is 60.3 Å². The van der Waals surface area contributed by atoms with E-state index in [9.17, 15) is 10.1 Å². The Morgan fingerprint density at radius 1 is 1.25 bits per heavy atom. The number of fused-ring (bicyclic) bond motifs is 2. The second kappa shape index (κ2) is 8.38. The third-order valence-electron chi connectivity index (χ3n) is 5.91. The van der Waals surface area contributed by atoms with E-state index in [1.165, 1.54) is 16.9 Å². The first-order valence-corrected chi connectivity index (χ1v) is 11.1. The van der Waals surface area contributed by atoms with Crippen LogP contribution in [0.25, 0.3) is 11.1 Å². The molecule has 0 radical (unpaired) electrons. The first-order chi connectivity index (χ1) is 13.7. The van der Waals surface area contributed by atoms with Crippen LogP contribution >= 0.6 is 11.8 Å². The summed E-state index contributed by atoms with van der Waals surface area (Å²) in [6.07, 6.45) is 5.97. The molecule has 2 fully saturated rings. The predicted molar refractivity (Wildman–Crippen MR) is 113 cm³/mol. The van der Waals surface area contributed by atoms with Crippen LogP contribution in [0.2, 0.25) is 0 Å². The lowest BCUT2D eigenvalue weighted by Crippen LogP contribution is -2.50. The van der Waals surface area contributed by atoms with Crippen molar-refractivity contribution >= 4 is 17.7 Å². The molecule has 3 unspecified atom stereocenters. The lowest BCUT2D eigenvalue weighted by molar-refractivity contribution is -0.124. The van der Waals surface area contributed by atoms with Gasteiger partial charge in [0.1, 0.15) is 6.04 Å². The summed E-state index contributed by atoms with van der Waals surface area (Å²) < 4.78 is 0. The minimum atomic E-state index is -0.501. The third kappa shape index (κ3) is 4.09. The van der Waals surface area contributed by atoms with E-state index >= 15 is 0 Å². The van der Waals surface area contributed by atoms with Gasteiger partial charge in [-0.1, -0.05) is 36.4 Å². The van der Waals surface area contributed by atoms with Crippen molar-refractivity contribution in [2.45, 2.75) is 48.7 Å². The van der Waals surface area contributed by atoms with E-state index in [4.69, 9.17) is 0 Å². The van der Waals surface area contributed by atoms with Crippen LogP contribution in [0.1, 0.15) is 24.8 Å². The van der Waals surface area contributed by atoms with Gasteiger partial charge in [-0.3, -0.25) is 4.79 Å². The second-order valence-corrected chi connectivity index (χ2v) is 8.62. The van der Waals surface area contributed by atoms with Crippen molar-refractivity contribution in [1.82, 2.24) is 10.6 Å². The highest BCUT2D eigenvalue weighted by Crippen LogP contribution is 2.35. The predicted octanol–water partition coefficient (Wildman–Crippen LogP) is 3.77. The van der Waals surface area contributed by atoms with Crippen molar-refractivity contribution in [2.75, 3.05) is 6.26 Å². The van der Waals surface area contributed by atoms with Crippen molar-refractivity contribution in [2.24, 2.45) is 5.92 Å². The number of nitrogens with zero attached hydrogens (tertiary/aromatic N) is 1. The van der Waals surface area contributed by atoms with Gasteiger partial charge in [0, 0.05) is 17.4 Å². The zero-order valence-electron chi connectivity index (χ0n) is 16.0. The van der Waals surface area contributed by atoms with E-state index in [0.717, 1.165) is 24.0 Å². The Balaban J connectivity index is 1.38. The number of piperidine rings is 1. The van der Waals surface area contributed by atoms with Crippen molar-refractivity contribution in [1.29, 1.82) is 5.26 Å². The van der Waals surface area contributed by atoms with Crippen LogP contribution in [0, 0.1) is 17.2 Å². The summed E-state index contributed by atoms with van der Waals surface area (Å²) in [5.41, 5.74) is 3.40. The van der Waals surface area contributed by atoms with Crippen molar-refractivity contribution < 1.29 is 4.79 Å². The number of rotatable bonds is 6. The van der Waals surface area contributed by atoms with E-state index in [0.29, 0.717) is 18.4 Å². The fraction of sp³-hybridized carbons (Fsp3) is 0.391. The molecule has 2 N–H and O–H groups in total. The largest absolute Gasteiger partial charge is 0.339 e. The van der Waals surface area contributed by atoms with Crippen LogP contribution in [0.4, 0.5) is 0 Å². The summed E-state index contributed by atoms with van der Waals surface area (Å²) in [4.78, 5) is 13.8. The van der Waals surface area contributed by atoms with Gasteiger partial charge in [0.25, 0.3) is 0 Å². The number of amides is 1. The van der Waals surface area contributed by atoms with Gasteiger partial charge >= 0.3 is 0 Å². The molecule has 1 saturated heterocycles. The molecule has 1 saturated carbocycles. The molecule has 4 nitrogen and oxygen atoms in total. The van der Waals surface area contributed by atoms with E-state index in [2.05, 4.69) is 59.4 Å². The number of nitriles is 1. The molecule has 28 heavy (non-hydrogen) atoms. The van der Waals surface area contributed by atoms with Crippen LogP contribution < -0.4 is 10.6 Å². The minimum Gasteiger partial charge on any atom is -0.339 e. The summed E-state index contributed by atoms with van der Waals surface area (Å²) in [7, 11) is 0. The molecule has 4 atom stereocenters. The van der Waals surface area contributed by atoms with Crippen molar-refractivity contribution in [3.05, 3.63) is 54.1 Å². The van der Waals surface area contributed by atoms with E-state index in [1.807, 2.05) is 12.1 Å². The monoisotopic (exact) mass is 391 g/mol. The van der Waals surface area contributed by atoms with Gasteiger partial charge in [0.2, 0.25) is 5.91 Å². The number of nitrogens with one attached hydrogen (secondary N) is 2. The standard InChI is InChI=1S/C23H25N3OS/c1-28-21-4-2-3-17(13-21)16-7-5-15(6-8-16)11-20(14-24)26-23(27)22-18-9-10-19(12-18)25-22/h2-8,13,18-20,22,25H,9-12H2,1H3,(H,26,27)/t18?,19?,20-,22?/m0/s1. The van der Waals surface area contributed by atoms with E-state index in [-0.39, 0.29) is 11.9 Å². The Bertz CT molecular complexity index is 889. The SMILES string of the molecule is CSc1cccc(-c2ccc(C[C@@H](C#N)NC(=O)C3NC4CCC3C4)cc2)c1. The first kappa shape index (κ1) is 19.0. The average molecular weight is 392 g/mol. The van der Waals surface area contributed by atoms with E-state index in [1.54, 1.807) is 11.8 Å². The summed E-state index contributed by atoms with van der Waals surface area (Å²) in [6.45, 7) is 0. The lowest BCUT2D eigenvalue weighted by atomic mass is 9.98. The van der Waals surface area contributed by atoms with Gasteiger partial charge < -0.3 is 10.6 Å². The highest BCUT2D eigenvalue weighted by atomic mass is 32.2. The number of hydrogen-bond acceptors (Lipinski definition) is 4. The maximum absolute atomic E-state index is 12.6. The molecule has 1 aliphatic heterocycles. The van der Waals surface area contributed by atoms with Gasteiger partial charge in [-0.2, -0.15) is 5.26 Å². The molecular weight excluding hydrogens is 366 g/mol. The van der Waals surface area contributed by atoms with Crippen molar-refractivity contribution in [3.8, 4) is 17.2 Å². The van der Waals surface area contributed by atoms with Crippen LogP contribution in [0.5, 0.6) is 0 Å². The maximum atomic E-state index is 12.6. The third-order valence-corrected chi connectivity index (χ3v) is 6.64. The lowest BCUT2D eigenvalue weighted by Gasteiger charge is -2.23. The molecule has 0 aromatic heterocycles. The fourth-order valence-electron chi connectivity index (χ4n) is 4.41. The minimum absolute atomic E-state index is 0.0238. The highest BCUT2D eigenvalue weighted by Gasteiger charge is 2.42. The normalized spacial score (nSPS) is 23.9. The smallest absolute Gasteiger partial charge is 0.238 e. The van der Waals surface area contributed by atoms with Gasteiger partial charge in [-0.15, -0.1) is 11.8 Å². The summed E-state index contributed by atoms with van der Waals surface area (Å²) in [5.74, 6) is 0.407. The number of thioether (sulfide) groups is 1. The highest BCUT2D eigenvalue weighted by molar-refractivity contribution is 7.98. The zero-order chi connectivity index (χ0) is 19.5. The number of carbonyl (C=O) groups is 1. The fourth-order valence-corrected chi connectivity index (χ4v) is 4.87. The molecule has 0 spiro atoms. The van der Waals surface area contributed by atoms with Gasteiger partial charge in [-0.25, -0.2) is 0 Å². The average Bonchev–Trinajstić information content (AvgIpc) is 3.37. The molecular formula is C23H25N3OS. The van der Waals surface area contributed by atoms with Crippen LogP contribution in [-0.2, 0) is 11.2 Å². The van der Waals surface area contributed by atoms with Crippen LogP contribution in [0.3, 0.4) is 0 Å². The summed E-state index contributed by atoms with van der Waals surface area (Å²) in [5, 5.41) is 15.8. The molecule has 144 valence electrons. The molecule has 2 aromatic carbocycles. The Kier molecular flexibility index (Phi) is 5.70. The quantitative estimate of drug-likeness (QED) is 0.736. The van der Waals surface area contributed by atoms with Crippen molar-refractivity contribution in [3.63, 3.8) is 0 Å². The summed E-state index contributed by atoms with van der Waals surface area (Å²) in [6, 6.07) is 18.8. The van der Waals surface area contributed by atoms with Gasteiger partial charge in [0.05, 0.1) is 12.1 Å². The second-order valence-electron chi connectivity index (χ2n) is 7.74. The Hall–Kier alpha value is -2.29. The molecule has 1 heterocycles. The molecule has 1 amide bonds. The number of benzene rings is 2. The molecule has 5 heteroatoms. The zero-order valence-corrected chi connectivity index (χ0v) is 16.8. The Labute approximate surface area is 170 Å². The van der Waals surface area contributed by atoms with Crippen LogP contribution in [0.15, 0.2) is 53.4 Å². The maximum Gasteiger partial charge on any atom is 0.238 e. The van der Waals surface area contributed by atoms with Gasteiger partial charge in [0.15, 0.2) is 0 Å². The Morgan fingerprint density at radius 2 is 2.07 bits per heavy atom. The molecule has 2 bridgehead atoms. The topological polar surface area (TPSA) is 64.9 Å². The first-order valence-electron chi connectivity index (χ1n) is 9.85. The molecule has 2 aromatic rings.